The first-order valence-corrected chi connectivity index (χ1v) is 8.18. The molecule has 0 unspecified atom stereocenters. The van der Waals surface area contributed by atoms with E-state index in [0.29, 0.717) is 17.2 Å². The van der Waals surface area contributed by atoms with Gasteiger partial charge in [0, 0.05) is 5.69 Å². The molecule has 3 rings (SSSR count). The highest BCUT2D eigenvalue weighted by molar-refractivity contribution is 7.92. The van der Waals surface area contributed by atoms with Crippen LogP contribution in [0.2, 0.25) is 0 Å². The molecule has 2 aromatic heterocycles. The Kier molecular flexibility index (Phi) is 3.60. The quantitative estimate of drug-likeness (QED) is 0.766. The highest BCUT2D eigenvalue weighted by atomic mass is 32.2. The van der Waals surface area contributed by atoms with Crippen molar-refractivity contribution in [3.63, 3.8) is 0 Å². The number of rotatable bonds is 4. The normalized spacial score (nSPS) is 11.6. The van der Waals surface area contributed by atoms with Crippen molar-refractivity contribution >= 4 is 15.7 Å². The van der Waals surface area contributed by atoms with Gasteiger partial charge in [0.2, 0.25) is 0 Å². The van der Waals surface area contributed by atoms with E-state index in [2.05, 4.69) is 25.4 Å². The van der Waals surface area contributed by atoms with E-state index >= 15 is 0 Å². The lowest BCUT2D eigenvalue weighted by molar-refractivity contribution is 0.390. The van der Waals surface area contributed by atoms with Gasteiger partial charge in [-0.15, -0.1) is 5.10 Å². The first-order chi connectivity index (χ1) is 10.9. The van der Waals surface area contributed by atoms with E-state index in [0.717, 1.165) is 5.69 Å². The summed E-state index contributed by atoms with van der Waals surface area (Å²) in [4.78, 5) is 0.0536. The molecule has 0 aliphatic rings. The summed E-state index contributed by atoms with van der Waals surface area (Å²) in [6, 6.07) is 6.70. The number of sulfonamides is 1. The maximum Gasteiger partial charge on any atom is 0.267 e. The van der Waals surface area contributed by atoms with Crippen molar-refractivity contribution in [2.45, 2.75) is 25.7 Å². The third-order valence-corrected chi connectivity index (χ3v) is 4.85. The summed E-state index contributed by atoms with van der Waals surface area (Å²) >= 11 is 0. The fourth-order valence-electron chi connectivity index (χ4n) is 2.21. The molecule has 0 radical (unpaired) electrons. The molecule has 0 aliphatic carbocycles. The molecule has 0 aliphatic heterocycles. The minimum absolute atomic E-state index is 0.0536. The zero-order valence-corrected chi connectivity index (χ0v) is 13.5. The van der Waals surface area contributed by atoms with Crippen molar-refractivity contribution in [3.05, 3.63) is 41.5 Å². The lowest BCUT2D eigenvalue weighted by atomic mass is 10.3. The number of aromatic nitrogens is 5. The molecule has 23 heavy (non-hydrogen) atoms. The van der Waals surface area contributed by atoms with Crippen molar-refractivity contribution in [2.24, 2.45) is 0 Å². The van der Waals surface area contributed by atoms with Crippen molar-refractivity contribution < 1.29 is 12.9 Å². The van der Waals surface area contributed by atoms with Gasteiger partial charge in [-0.25, -0.2) is 8.42 Å². The number of hydrogen-bond donors (Lipinski definition) is 1. The summed E-state index contributed by atoms with van der Waals surface area (Å²) in [6.07, 6.45) is 0. The molecular weight excluding hydrogens is 320 g/mol. The van der Waals surface area contributed by atoms with Crippen molar-refractivity contribution in [2.75, 3.05) is 4.72 Å². The minimum atomic E-state index is -3.76. The van der Waals surface area contributed by atoms with Gasteiger partial charge < -0.3 is 4.52 Å². The molecule has 0 fully saturated rings. The van der Waals surface area contributed by atoms with Crippen LogP contribution < -0.4 is 4.72 Å². The third-order valence-electron chi connectivity index (χ3n) is 3.23. The highest BCUT2D eigenvalue weighted by Gasteiger charge is 2.24. The van der Waals surface area contributed by atoms with Crippen LogP contribution in [-0.2, 0) is 10.0 Å². The van der Waals surface area contributed by atoms with Crippen LogP contribution in [0.3, 0.4) is 0 Å². The summed E-state index contributed by atoms with van der Waals surface area (Å²) < 4.78 is 33.8. The smallest absolute Gasteiger partial charge is 0.267 e. The van der Waals surface area contributed by atoms with Crippen molar-refractivity contribution in [1.29, 1.82) is 0 Å². The van der Waals surface area contributed by atoms with Gasteiger partial charge in [-0.3, -0.25) is 4.72 Å². The van der Waals surface area contributed by atoms with Gasteiger partial charge in [0.25, 0.3) is 10.0 Å². The van der Waals surface area contributed by atoms with Gasteiger partial charge in [0.15, 0.2) is 16.5 Å². The van der Waals surface area contributed by atoms with Crippen molar-refractivity contribution in [3.8, 4) is 5.69 Å². The Bertz CT molecular complexity index is 923. The van der Waals surface area contributed by atoms with Crippen LogP contribution in [-0.4, -0.2) is 33.8 Å². The van der Waals surface area contributed by atoms with E-state index in [1.165, 1.54) is 0 Å². The zero-order valence-electron chi connectivity index (χ0n) is 12.7. The Labute approximate surface area is 132 Å². The SMILES string of the molecule is Cc1noc(C)c1S(=O)(=O)Nc1ccc(-n2nnnc2C)cc1. The topological polar surface area (TPSA) is 116 Å². The average molecular weight is 334 g/mol. The molecule has 0 saturated heterocycles. The molecule has 120 valence electrons. The van der Waals surface area contributed by atoms with E-state index in [9.17, 15) is 8.42 Å². The Morgan fingerprint density at radius 1 is 1.13 bits per heavy atom. The molecule has 10 heteroatoms. The fourth-order valence-corrected chi connectivity index (χ4v) is 3.60. The second kappa shape index (κ2) is 5.47. The van der Waals surface area contributed by atoms with Crippen molar-refractivity contribution in [1.82, 2.24) is 25.4 Å². The van der Waals surface area contributed by atoms with Gasteiger partial charge in [0.05, 0.1) is 5.69 Å². The second-order valence-corrected chi connectivity index (χ2v) is 6.56. The summed E-state index contributed by atoms with van der Waals surface area (Å²) in [6.45, 7) is 4.90. The van der Waals surface area contributed by atoms with Crippen LogP contribution in [0.1, 0.15) is 17.3 Å². The maximum atomic E-state index is 12.4. The van der Waals surface area contributed by atoms with Gasteiger partial charge in [-0.05, 0) is 55.5 Å². The van der Waals surface area contributed by atoms with Gasteiger partial charge in [-0.1, -0.05) is 5.16 Å². The van der Waals surface area contributed by atoms with Crippen LogP contribution in [0, 0.1) is 20.8 Å². The van der Waals surface area contributed by atoms with E-state index in [4.69, 9.17) is 4.52 Å². The number of nitrogens with zero attached hydrogens (tertiary/aromatic N) is 5. The van der Waals surface area contributed by atoms with Crippen LogP contribution >= 0.6 is 0 Å². The largest absolute Gasteiger partial charge is 0.360 e. The Morgan fingerprint density at radius 3 is 2.35 bits per heavy atom. The molecule has 1 aromatic carbocycles. The lowest BCUT2D eigenvalue weighted by Gasteiger charge is -2.08. The molecule has 0 saturated carbocycles. The van der Waals surface area contributed by atoms with Crippen LogP contribution in [0.5, 0.6) is 0 Å². The Morgan fingerprint density at radius 2 is 1.83 bits per heavy atom. The molecule has 0 amide bonds. The summed E-state index contributed by atoms with van der Waals surface area (Å²) in [5.41, 5.74) is 1.46. The highest BCUT2D eigenvalue weighted by Crippen LogP contribution is 2.23. The Hall–Kier alpha value is -2.75. The van der Waals surface area contributed by atoms with E-state index in [1.807, 2.05) is 0 Å². The zero-order chi connectivity index (χ0) is 16.6. The number of anilines is 1. The van der Waals surface area contributed by atoms with Gasteiger partial charge >= 0.3 is 0 Å². The number of benzene rings is 1. The molecule has 0 atom stereocenters. The van der Waals surface area contributed by atoms with E-state index < -0.39 is 10.0 Å². The lowest BCUT2D eigenvalue weighted by Crippen LogP contribution is -2.14. The maximum absolute atomic E-state index is 12.4. The summed E-state index contributed by atoms with van der Waals surface area (Å²) in [5, 5.41) is 14.9. The summed E-state index contributed by atoms with van der Waals surface area (Å²) in [5.74, 6) is 0.880. The summed E-state index contributed by atoms with van der Waals surface area (Å²) in [7, 11) is -3.76. The predicted molar refractivity (Wildman–Crippen MR) is 80.7 cm³/mol. The molecule has 0 spiro atoms. The van der Waals surface area contributed by atoms with E-state index in [-0.39, 0.29) is 10.7 Å². The number of nitrogens with one attached hydrogen (secondary N) is 1. The first-order valence-electron chi connectivity index (χ1n) is 6.69. The molecule has 0 bridgehead atoms. The fraction of sp³-hybridized carbons (Fsp3) is 0.231. The number of tetrazole rings is 1. The minimum Gasteiger partial charge on any atom is -0.360 e. The Balaban J connectivity index is 1.88. The third kappa shape index (κ3) is 2.80. The standard InChI is InChI=1S/C13H14N6O3S/c1-8-13(9(2)22-15-8)23(20,21)16-11-4-6-12(7-5-11)19-10(3)14-17-18-19/h4-7,16H,1-3H3. The first kappa shape index (κ1) is 15.2. The number of hydrogen-bond acceptors (Lipinski definition) is 7. The van der Waals surface area contributed by atoms with Crippen LogP contribution in [0.25, 0.3) is 5.69 Å². The molecule has 9 nitrogen and oxygen atoms in total. The number of aryl methyl sites for hydroxylation is 3. The molecule has 1 N–H and O–H groups in total. The van der Waals surface area contributed by atoms with Gasteiger partial charge in [-0.2, -0.15) is 4.68 Å². The second-order valence-electron chi connectivity index (χ2n) is 4.94. The predicted octanol–water partition coefficient (Wildman–Crippen LogP) is 1.38. The molecule has 2 heterocycles. The monoisotopic (exact) mass is 334 g/mol. The average Bonchev–Trinajstić information content (AvgIpc) is 3.05. The molecular formula is C13H14N6O3S. The van der Waals surface area contributed by atoms with Crippen LogP contribution in [0.15, 0.2) is 33.7 Å². The molecule has 3 aromatic rings. The van der Waals surface area contributed by atoms with E-state index in [1.54, 1.807) is 49.7 Å². The van der Waals surface area contributed by atoms with Crippen LogP contribution in [0.4, 0.5) is 5.69 Å². The van der Waals surface area contributed by atoms with Gasteiger partial charge in [0.1, 0.15) is 5.69 Å².